The van der Waals surface area contributed by atoms with Crippen LogP contribution in [0.25, 0.3) is 0 Å². The lowest BCUT2D eigenvalue weighted by molar-refractivity contribution is 0.102. The molecule has 150 valence electrons. The lowest BCUT2D eigenvalue weighted by atomic mass is 9.87. The molecule has 0 saturated heterocycles. The van der Waals surface area contributed by atoms with Gasteiger partial charge in [-0.2, -0.15) is 0 Å². The molecule has 1 N–H and O–H groups in total. The minimum Gasteiger partial charge on any atom is -0.344 e. The first-order chi connectivity index (χ1) is 13.8. The highest BCUT2D eigenvalue weighted by molar-refractivity contribution is 6.02. The van der Waals surface area contributed by atoms with E-state index >= 15 is 0 Å². The van der Waals surface area contributed by atoms with Crippen LogP contribution in [0.4, 0.5) is 11.6 Å². The Morgan fingerprint density at radius 2 is 1.69 bits per heavy atom. The van der Waals surface area contributed by atoms with Crippen molar-refractivity contribution in [1.82, 2.24) is 15.0 Å². The number of pyridine rings is 1. The third-order valence-electron chi connectivity index (χ3n) is 4.71. The molecule has 0 atom stereocenters. The van der Waals surface area contributed by atoms with Gasteiger partial charge in [0.1, 0.15) is 5.69 Å². The topological polar surface area (TPSA) is 71.0 Å². The van der Waals surface area contributed by atoms with Crippen LogP contribution in [0.1, 0.15) is 42.4 Å². The number of anilines is 2. The fourth-order valence-electron chi connectivity index (χ4n) is 2.85. The Balaban J connectivity index is 1.64. The highest BCUT2D eigenvalue weighted by Gasteiger charge is 2.15. The molecular weight excluding hydrogens is 362 g/mol. The zero-order valence-electron chi connectivity index (χ0n) is 17.4. The molecule has 0 spiro atoms. The molecule has 0 aliphatic rings. The quantitative estimate of drug-likeness (QED) is 0.687. The summed E-state index contributed by atoms with van der Waals surface area (Å²) in [5.41, 5.74) is 3.57. The van der Waals surface area contributed by atoms with E-state index in [1.165, 1.54) is 11.1 Å². The molecule has 1 aromatic carbocycles. The van der Waals surface area contributed by atoms with Gasteiger partial charge in [0.15, 0.2) is 0 Å². The molecule has 29 heavy (non-hydrogen) atoms. The third kappa shape index (κ3) is 5.60. The maximum Gasteiger partial charge on any atom is 0.274 e. The van der Waals surface area contributed by atoms with E-state index in [0.29, 0.717) is 11.6 Å². The second-order valence-corrected chi connectivity index (χ2v) is 8.05. The first-order valence-corrected chi connectivity index (χ1v) is 9.68. The van der Waals surface area contributed by atoms with Crippen molar-refractivity contribution in [2.75, 3.05) is 23.8 Å². The fourth-order valence-corrected chi connectivity index (χ4v) is 2.85. The zero-order valence-corrected chi connectivity index (χ0v) is 17.4. The molecule has 2 heterocycles. The smallest absolute Gasteiger partial charge is 0.274 e. The molecule has 2 aromatic heterocycles. The summed E-state index contributed by atoms with van der Waals surface area (Å²) >= 11 is 0. The Morgan fingerprint density at radius 1 is 1.00 bits per heavy atom. The van der Waals surface area contributed by atoms with Gasteiger partial charge < -0.3 is 10.2 Å². The second kappa shape index (κ2) is 8.82. The van der Waals surface area contributed by atoms with Gasteiger partial charge in [0.05, 0.1) is 0 Å². The summed E-state index contributed by atoms with van der Waals surface area (Å²) in [6.45, 7) is 7.22. The summed E-state index contributed by atoms with van der Waals surface area (Å²) in [7, 11) is 1.92. The average molecular weight is 390 g/mol. The summed E-state index contributed by atoms with van der Waals surface area (Å²) in [5, 5.41) is 2.91. The molecule has 1 amide bonds. The van der Waals surface area contributed by atoms with Crippen LogP contribution in [0.5, 0.6) is 0 Å². The van der Waals surface area contributed by atoms with E-state index in [0.717, 1.165) is 18.7 Å². The Hall–Kier alpha value is -3.28. The van der Waals surface area contributed by atoms with E-state index in [9.17, 15) is 4.79 Å². The van der Waals surface area contributed by atoms with Gasteiger partial charge in [-0.1, -0.05) is 32.9 Å². The first-order valence-electron chi connectivity index (χ1n) is 9.68. The number of hydrogen-bond donors (Lipinski definition) is 1. The number of benzene rings is 1. The number of carbonyl (C=O) groups is 1. The lowest BCUT2D eigenvalue weighted by Crippen LogP contribution is -2.24. The fraction of sp³-hybridized carbons (Fsp3) is 0.304. The maximum absolute atomic E-state index is 12.6. The molecule has 0 unspecified atom stereocenters. The van der Waals surface area contributed by atoms with Gasteiger partial charge in [0, 0.05) is 37.9 Å². The maximum atomic E-state index is 12.6. The Labute approximate surface area is 172 Å². The van der Waals surface area contributed by atoms with Crippen LogP contribution < -0.4 is 10.2 Å². The number of aromatic nitrogens is 3. The van der Waals surface area contributed by atoms with Gasteiger partial charge in [-0.15, -0.1) is 0 Å². The highest BCUT2D eigenvalue weighted by Crippen LogP contribution is 2.23. The van der Waals surface area contributed by atoms with E-state index in [1.54, 1.807) is 24.7 Å². The minimum atomic E-state index is -0.250. The van der Waals surface area contributed by atoms with Gasteiger partial charge >= 0.3 is 0 Å². The number of carbonyl (C=O) groups excluding carboxylic acids is 1. The summed E-state index contributed by atoms with van der Waals surface area (Å²) in [4.78, 5) is 27.3. The van der Waals surface area contributed by atoms with Crippen LogP contribution in [0.15, 0.2) is 61.1 Å². The van der Waals surface area contributed by atoms with E-state index < -0.39 is 0 Å². The number of nitrogens with one attached hydrogen (secondary N) is 1. The minimum absolute atomic E-state index is 0.0743. The number of hydrogen-bond acceptors (Lipinski definition) is 5. The van der Waals surface area contributed by atoms with Crippen molar-refractivity contribution in [3.05, 3.63) is 77.9 Å². The summed E-state index contributed by atoms with van der Waals surface area (Å²) in [5.74, 6) is 0.273. The predicted octanol–water partition coefficient (Wildman–Crippen LogP) is 4.10. The van der Waals surface area contributed by atoms with E-state index in [1.807, 2.05) is 48.3 Å². The monoisotopic (exact) mass is 389 g/mol. The van der Waals surface area contributed by atoms with Crippen LogP contribution in [-0.2, 0) is 11.8 Å². The Morgan fingerprint density at radius 3 is 2.34 bits per heavy atom. The van der Waals surface area contributed by atoms with Crippen molar-refractivity contribution < 1.29 is 4.79 Å². The van der Waals surface area contributed by atoms with E-state index in [4.69, 9.17) is 0 Å². The first kappa shape index (κ1) is 20.5. The van der Waals surface area contributed by atoms with Crippen LogP contribution in [0.2, 0.25) is 0 Å². The van der Waals surface area contributed by atoms with Gasteiger partial charge in [-0.05, 0) is 53.3 Å². The summed E-state index contributed by atoms with van der Waals surface area (Å²) in [6, 6.07) is 13.5. The molecular formula is C23H27N5O. The van der Waals surface area contributed by atoms with Crippen molar-refractivity contribution in [2.45, 2.75) is 32.6 Å². The average Bonchev–Trinajstić information content (AvgIpc) is 2.72. The number of nitrogens with zero attached hydrogens (tertiary/aromatic N) is 4. The SMILES string of the molecule is CN(CCc1ccncc1)c1nccc(C(=O)Nc2ccc(C(C)(C)C)cc2)n1. The molecule has 3 aromatic rings. The molecule has 3 rings (SSSR count). The van der Waals surface area contributed by atoms with Crippen LogP contribution in [-0.4, -0.2) is 34.5 Å². The van der Waals surface area contributed by atoms with Crippen LogP contribution >= 0.6 is 0 Å². The van der Waals surface area contributed by atoms with E-state index in [-0.39, 0.29) is 11.3 Å². The molecule has 0 aliphatic carbocycles. The van der Waals surface area contributed by atoms with Crippen molar-refractivity contribution in [2.24, 2.45) is 0 Å². The standard InChI is InChI=1S/C23H27N5O/c1-23(2,3)18-5-7-19(8-6-18)26-21(29)20-11-15-25-22(27-20)28(4)16-12-17-9-13-24-14-10-17/h5-11,13-15H,12,16H2,1-4H3,(H,26,29). The van der Waals surface area contributed by atoms with Crippen LogP contribution in [0, 0.1) is 0 Å². The summed E-state index contributed by atoms with van der Waals surface area (Å²) < 4.78 is 0. The highest BCUT2D eigenvalue weighted by atomic mass is 16.1. The zero-order chi connectivity index (χ0) is 20.9. The van der Waals surface area contributed by atoms with Gasteiger partial charge in [0.25, 0.3) is 5.91 Å². The normalized spacial score (nSPS) is 11.2. The van der Waals surface area contributed by atoms with Crippen molar-refractivity contribution in [3.8, 4) is 0 Å². The van der Waals surface area contributed by atoms with Crippen molar-refractivity contribution in [1.29, 1.82) is 0 Å². The number of amides is 1. The molecule has 6 heteroatoms. The second-order valence-electron chi connectivity index (χ2n) is 8.05. The summed E-state index contributed by atoms with van der Waals surface area (Å²) in [6.07, 6.45) is 6.03. The third-order valence-corrected chi connectivity index (χ3v) is 4.71. The molecule has 0 fully saturated rings. The van der Waals surface area contributed by atoms with Gasteiger partial charge in [-0.3, -0.25) is 9.78 Å². The van der Waals surface area contributed by atoms with Gasteiger partial charge in [0.2, 0.25) is 5.95 Å². The number of likely N-dealkylation sites (N-methyl/N-ethyl adjacent to an activating group) is 1. The molecule has 0 saturated carbocycles. The molecule has 6 nitrogen and oxygen atoms in total. The number of rotatable bonds is 6. The van der Waals surface area contributed by atoms with Crippen molar-refractivity contribution in [3.63, 3.8) is 0 Å². The predicted molar refractivity (Wildman–Crippen MR) is 116 cm³/mol. The molecule has 0 radical (unpaired) electrons. The van der Waals surface area contributed by atoms with Crippen molar-refractivity contribution >= 4 is 17.5 Å². The molecule has 0 bridgehead atoms. The van der Waals surface area contributed by atoms with Crippen LogP contribution in [0.3, 0.4) is 0 Å². The van der Waals surface area contributed by atoms with E-state index in [2.05, 4.69) is 41.0 Å². The Bertz CT molecular complexity index is 949. The largest absolute Gasteiger partial charge is 0.344 e. The Kier molecular flexibility index (Phi) is 6.22. The van der Waals surface area contributed by atoms with Gasteiger partial charge in [-0.25, -0.2) is 9.97 Å². The lowest BCUT2D eigenvalue weighted by Gasteiger charge is -2.19. The molecule has 0 aliphatic heterocycles.